The summed E-state index contributed by atoms with van der Waals surface area (Å²) in [5.41, 5.74) is 10.2. The number of carbonyl (C=O) groups is 2. The van der Waals surface area contributed by atoms with Gasteiger partial charge in [-0.1, -0.05) is 55.4 Å². The first kappa shape index (κ1) is 24.1. The lowest BCUT2D eigenvalue weighted by Gasteiger charge is -2.32. The molecule has 2 N–H and O–H groups in total. The Morgan fingerprint density at radius 2 is 1.90 bits per heavy atom. The second-order valence-electron chi connectivity index (χ2n) is 8.61. The molecule has 1 aromatic heterocycles. The molecule has 2 amide bonds. The van der Waals surface area contributed by atoms with Crippen LogP contribution in [0.5, 0.6) is 0 Å². The van der Waals surface area contributed by atoms with Crippen molar-refractivity contribution in [1.82, 2.24) is 15.8 Å². The fraction of sp³-hybridized carbons (Fsp3) is 0.346. The molecule has 0 aliphatic heterocycles. The molecule has 0 spiro atoms. The SMILES string of the molecule is CC(C=CC1=C(C)CCCC1(C)C)=CC=CC(C)=CC(=O)NNC(=O)c1cccnc1. The van der Waals surface area contributed by atoms with Gasteiger partial charge in [0.05, 0.1) is 5.56 Å². The number of hydrogen-bond acceptors (Lipinski definition) is 3. The molecule has 0 saturated carbocycles. The Balaban J connectivity index is 1.89. The van der Waals surface area contributed by atoms with Gasteiger partial charge in [0.25, 0.3) is 11.8 Å². The summed E-state index contributed by atoms with van der Waals surface area (Å²) in [6.07, 6.45) is 18.3. The molecule has 164 valence electrons. The normalized spacial score (nSPS) is 17.3. The highest BCUT2D eigenvalue weighted by Crippen LogP contribution is 2.40. The largest absolute Gasteiger partial charge is 0.271 e. The van der Waals surface area contributed by atoms with Crippen LogP contribution in [-0.2, 0) is 4.79 Å². The van der Waals surface area contributed by atoms with Crippen LogP contribution in [-0.4, -0.2) is 16.8 Å². The van der Waals surface area contributed by atoms with Gasteiger partial charge in [-0.2, -0.15) is 0 Å². The van der Waals surface area contributed by atoms with Crippen molar-refractivity contribution >= 4 is 11.8 Å². The Kier molecular flexibility index (Phi) is 8.74. The van der Waals surface area contributed by atoms with E-state index >= 15 is 0 Å². The van der Waals surface area contributed by atoms with Crippen molar-refractivity contribution in [1.29, 1.82) is 0 Å². The predicted molar refractivity (Wildman–Crippen MR) is 126 cm³/mol. The highest BCUT2D eigenvalue weighted by molar-refractivity contribution is 5.96. The van der Waals surface area contributed by atoms with E-state index in [0.717, 1.165) is 11.1 Å². The van der Waals surface area contributed by atoms with E-state index in [-0.39, 0.29) is 5.41 Å². The second kappa shape index (κ2) is 11.3. The van der Waals surface area contributed by atoms with Crippen LogP contribution in [0.4, 0.5) is 0 Å². The molecular weight excluding hydrogens is 386 g/mol. The molecule has 0 unspecified atom stereocenters. The van der Waals surface area contributed by atoms with Gasteiger partial charge in [0, 0.05) is 18.5 Å². The average Bonchev–Trinajstić information content (AvgIpc) is 2.71. The van der Waals surface area contributed by atoms with Gasteiger partial charge in [-0.05, 0) is 68.7 Å². The standard InChI is InChI=1S/C26H33N3O2/c1-19(13-14-23-21(3)11-7-15-26(23,4)5)9-6-10-20(2)17-24(30)28-29-25(31)22-12-8-16-27-18-22/h6,8-10,12-14,16-18H,7,11,15H2,1-5H3,(H,28,30)(H,29,31). The Morgan fingerprint density at radius 1 is 1.13 bits per heavy atom. The minimum atomic E-state index is -0.417. The topological polar surface area (TPSA) is 71.1 Å². The summed E-state index contributed by atoms with van der Waals surface area (Å²) >= 11 is 0. The minimum absolute atomic E-state index is 0.230. The molecule has 1 aromatic rings. The van der Waals surface area contributed by atoms with Gasteiger partial charge in [0.2, 0.25) is 0 Å². The summed E-state index contributed by atoms with van der Waals surface area (Å²) in [5.74, 6) is -0.818. The van der Waals surface area contributed by atoms with E-state index in [1.165, 1.54) is 42.7 Å². The van der Waals surface area contributed by atoms with Crippen molar-refractivity contribution in [2.24, 2.45) is 5.41 Å². The van der Waals surface area contributed by atoms with Gasteiger partial charge in [-0.3, -0.25) is 25.4 Å². The maximum absolute atomic E-state index is 12.0. The quantitative estimate of drug-likeness (QED) is 0.370. The number of pyridine rings is 1. The van der Waals surface area contributed by atoms with Gasteiger partial charge < -0.3 is 0 Å². The van der Waals surface area contributed by atoms with E-state index in [9.17, 15) is 9.59 Å². The molecule has 0 aromatic carbocycles. The monoisotopic (exact) mass is 419 g/mol. The van der Waals surface area contributed by atoms with Gasteiger partial charge in [-0.15, -0.1) is 0 Å². The lowest BCUT2D eigenvalue weighted by atomic mass is 9.72. The molecule has 31 heavy (non-hydrogen) atoms. The molecule has 0 fully saturated rings. The first-order chi connectivity index (χ1) is 14.7. The number of nitrogens with zero attached hydrogens (tertiary/aromatic N) is 1. The minimum Gasteiger partial charge on any atom is -0.268 e. The van der Waals surface area contributed by atoms with E-state index in [0.29, 0.717) is 5.56 Å². The average molecular weight is 420 g/mol. The van der Waals surface area contributed by atoms with E-state index < -0.39 is 11.8 Å². The maximum atomic E-state index is 12.0. The molecule has 2 rings (SSSR count). The molecule has 1 heterocycles. The van der Waals surface area contributed by atoms with Crippen LogP contribution in [0.3, 0.4) is 0 Å². The summed E-state index contributed by atoms with van der Waals surface area (Å²) < 4.78 is 0. The molecular formula is C26H33N3O2. The van der Waals surface area contributed by atoms with E-state index in [2.05, 4.69) is 55.7 Å². The molecule has 1 aliphatic rings. The van der Waals surface area contributed by atoms with Crippen LogP contribution >= 0.6 is 0 Å². The van der Waals surface area contributed by atoms with E-state index in [4.69, 9.17) is 0 Å². The first-order valence-corrected chi connectivity index (χ1v) is 10.6. The van der Waals surface area contributed by atoms with Crippen LogP contribution in [0.1, 0.15) is 64.2 Å². The highest BCUT2D eigenvalue weighted by atomic mass is 16.2. The van der Waals surface area contributed by atoms with Crippen molar-refractivity contribution in [3.8, 4) is 0 Å². The number of amides is 2. The summed E-state index contributed by atoms with van der Waals surface area (Å²) in [7, 11) is 0. The third kappa shape index (κ3) is 7.85. The summed E-state index contributed by atoms with van der Waals surface area (Å²) in [5, 5.41) is 0. The van der Waals surface area contributed by atoms with Crippen molar-refractivity contribution < 1.29 is 9.59 Å². The molecule has 0 bridgehead atoms. The Hall–Kier alpha value is -3.21. The summed E-state index contributed by atoms with van der Waals surface area (Å²) in [6.45, 7) is 10.8. The van der Waals surface area contributed by atoms with Crippen molar-refractivity contribution in [2.45, 2.75) is 53.9 Å². The van der Waals surface area contributed by atoms with E-state index in [1.54, 1.807) is 18.3 Å². The maximum Gasteiger partial charge on any atom is 0.271 e. The Labute approximate surface area is 185 Å². The molecule has 0 radical (unpaired) electrons. The first-order valence-electron chi connectivity index (χ1n) is 10.6. The molecule has 0 atom stereocenters. The lowest BCUT2D eigenvalue weighted by Crippen LogP contribution is -2.40. The number of allylic oxidation sites excluding steroid dienone is 9. The van der Waals surface area contributed by atoms with Crippen LogP contribution in [0, 0.1) is 5.41 Å². The highest BCUT2D eigenvalue weighted by Gasteiger charge is 2.26. The number of hydrazine groups is 1. The van der Waals surface area contributed by atoms with Crippen LogP contribution in [0.2, 0.25) is 0 Å². The number of hydrogen-bond donors (Lipinski definition) is 2. The fourth-order valence-corrected chi connectivity index (χ4v) is 3.61. The second-order valence-corrected chi connectivity index (χ2v) is 8.61. The number of rotatable bonds is 6. The van der Waals surface area contributed by atoms with Crippen molar-refractivity contribution in [2.75, 3.05) is 0 Å². The van der Waals surface area contributed by atoms with Gasteiger partial charge >= 0.3 is 0 Å². The van der Waals surface area contributed by atoms with Gasteiger partial charge in [-0.25, -0.2) is 0 Å². The number of carbonyl (C=O) groups excluding carboxylic acids is 2. The summed E-state index contributed by atoms with van der Waals surface area (Å²) in [4.78, 5) is 27.7. The lowest BCUT2D eigenvalue weighted by molar-refractivity contribution is -0.117. The molecule has 1 aliphatic carbocycles. The van der Waals surface area contributed by atoms with Gasteiger partial charge in [0.1, 0.15) is 0 Å². The zero-order valence-electron chi connectivity index (χ0n) is 19.2. The molecule has 5 nitrogen and oxygen atoms in total. The fourth-order valence-electron chi connectivity index (χ4n) is 3.61. The zero-order valence-corrected chi connectivity index (χ0v) is 19.2. The van der Waals surface area contributed by atoms with Crippen LogP contribution < -0.4 is 10.9 Å². The van der Waals surface area contributed by atoms with Crippen LogP contribution in [0.25, 0.3) is 0 Å². The molecule has 0 saturated heterocycles. The predicted octanol–water partition coefficient (Wildman–Crippen LogP) is 5.37. The van der Waals surface area contributed by atoms with Crippen LogP contribution in [0.15, 0.2) is 83.3 Å². The zero-order chi connectivity index (χ0) is 22.9. The van der Waals surface area contributed by atoms with Gasteiger partial charge in [0.15, 0.2) is 0 Å². The van der Waals surface area contributed by atoms with E-state index in [1.807, 2.05) is 25.2 Å². The number of nitrogens with one attached hydrogen (secondary N) is 2. The van der Waals surface area contributed by atoms with Crippen molar-refractivity contribution in [3.05, 3.63) is 88.8 Å². The Morgan fingerprint density at radius 3 is 2.58 bits per heavy atom. The third-order valence-electron chi connectivity index (χ3n) is 5.36. The third-order valence-corrected chi connectivity index (χ3v) is 5.36. The smallest absolute Gasteiger partial charge is 0.268 e. The number of aromatic nitrogens is 1. The summed E-state index contributed by atoms with van der Waals surface area (Å²) in [6, 6.07) is 3.28. The molecule has 5 heteroatoms. The Bertz CT molecular complexity index is 948. The van der Waals surface area contributed by atoms with Crippen molar-refractivity contribution in [3.63, 3.8) is 0 Å².